The summed E-state index contributed by atoms with van der Waals surface area (Å²) in [6.07, 6.45) is 6.80. The molecule has 1 aliphatic carbocycles. The summed E-state index contributed by atoms with van der Waals surface area (Å²) in [7, 11) is 0. The number of nitrogens with zero attached hydrogens (tertiary/aromatic N) is 3. The van der Waals surface area contributed by atoms with E-state index in [2.05, 4.69) is 20.7 Å². The fourth-order valence-corrected chi connectivity index (χ4v) is 4.19. The quantitative estimate of drug-likeness (QED) is 0.745. The van der Waals surface area contributed by atoms with Gasteiger partial charge in [0.25, 0.3) is 5.91 Å². The van der Waals surface area contributed by atoms with Gasteiger partial charge in [0.05, 0.1) is 23.6 Å². The number of fused-ring (bicyclic) bond motifs is 1. The molecule has 0 spiro atoms. The average molecular weight is 380 g/mol. The van der Waals surface area contributed by atoms with Crippen molar-refractivity contribution >= 4 is 24.0 Å². The van der Waals surface area contributed by atoms with Crippen LogP contribution >= 0.6 is 12.4 Å². The Bertz CT molecular complexity index is 768. The maximum absolute atomic E-state index is 12.9. The highest BCUT2D eigenvalue weighted by Crippen LogP contribution is 2.36. The van der Waals surface area contributed by atoms with Gasteiger partial charge in [-0.1, -0.05) is 0 Å². The van der Waals surface area contributed by atoms with Crippen LogP contribution in [-0.2, 0) is 0 Å². The van der Waals surface area contributed by atoms with E-state index < -0.39 is 0 Å². The van der Waals surface area contributed by atoms with Crippen LogP contribution in [0.25, 0.3) is 5.65 Å². The van der Waals surface area contributed by atoms with Gasteiger partial charge in [-0.3, -0.25) is 4.79 Å². The molecule has 7 nitrogen and oxygen atoms in total. The molecule has 0 radical (unpaired) electrons. The lowest BCUT2D eigenvalue weighted by Gasteiger charge is -2.43. The number of rotatable bonds is 4. The fourth-order valence-electron chi connectivity index (χ4n) is 4.19. The van der Waals surface area contributed by atoms with Crippen molar-refractivity contribution in [2.24, 2.45) is 11.8 Å². The van der Waals surface area contributed by atoms with E-state index in [0.29, 0.717) is 17.4 Å². The summed E-state index contributed by atoms with van der Waals surface area (Å²) in [5.74, 6) is 0.737. The lowest BCUT2D eigenvalue weighted by Crippen LogP contribution is -2.53. The average Bonchev–Trinajstić information content (AvgIpc) is 3.08. The molecule has 1 saturated heterocycles. The van der Waals surface area contributed by atoms with Crippen molar-refractivity contribution in [3.05, 3.63) is 29.7 Å². The molecular formula is C18H26ClN5O2. The van der Waals surface area contributed by atoms with Crippen LogP contribution in [0.2, 0.25) is 0 Å². The highest BCUT2D eigenvalue weighted by Gasteiger charge is 2.39. The van der Waals surface area contributed by atoms with Gasteiger partial charge in [-0.25, -0.2) is 9.50 Å². The van der Waals surface area contributed by atoms with E-state index in [1.54, 1.807) is 16.9 Å². The molecule has 1 unspecified atom stereocenters. The van der Waals surface area contributed by atoms with E-state index in [1.807, 2.05) is 13.0 Å². The van der Waals surface area contributed by atoms with Gasteiger partial charge >= 0.3 is 0 Å². The maximum Gasteiger partial charge on any atom is 0.254 e. The Kier molecular flexibility index (Phi) is 5.79. The van der Waals surface area contributed by atoms with Crippen LogP contribution < -0.4 is 10.6 Å². The second-order valence-corrected chi connectivity index (χ2v) is 7.33. The van der Waals surface area contributed by atoms with Crippen LogP contribution in [0.15, 0.2) is 18.5 Å². The first kappa shape index (κ1) is 19.1. The molecule has 2 aliphatic rings. The Labute approximate surface area is 159 Å². The number of aliphatic hydroxyl groups excluding tert-OH is 1. The standard InChI is InChI=1S/C18H25N5O2.ClH/c1-11-15(10-20-16-4-7-21-23(11)16)18(25)22-17(13-8-14(24)9-13)12-2-5-19-6-3-12;/h4,7,10,12-14,17,19,24H,2-3,5-6,8-9H2,1H3,(H,22,25);1H. The van der Waals surface area contributed by atoms with Crippen molar-refractivity contribution in [2.75, 3.05) is 13.1 Å². The predicted octanol–water partition coefficient (Wildman–Crippen LogP) is 1.33. The monoisotopic (exact) mass is 379 g/mol. The Balaban J connectivity index is 0.00000196. The summed E-state index contributed by atoms with van der Waals surface area (Å²) in [5.41, 5.74) is 2.10. The molecule has 2 aromatic heterocycles. The molecule has 2 aromatic rings. The zero-order valence-corrected chi connectivity index (χ0v) is 15.7. The second kappa shape index (κ2) is 7.90. The zero-order chi connectivity index (χ0) is 17.4. The Morgan fingerprint density at radius 3 is 2.77 bits per heavy atom. The van der Waals surface area contributed by atoms with E-state index in [0.717, 1.165) is 50.1 Å². The van der Waals surface area contributed by atoms with Gasteiger partial charge in [0.1, 0.15) is 0 Å². The smallest absolute Gasteiger partial charge is 0.254 e. The third-order valence-corrected chi connectivity index (χ3v) is 5.75. The maximum atomic E-state index is 12.9. The number of amides is 1. The van der Waals surface area contributed by atoms with Crippen LogP contribution in [0.4, 0.5) is 0 Å². The number of piperidine rings is 1. The van der Waals surface area contributed by atoms with Gasteiger partial charge in [-0.15, -0.1) is 12.4 Å². The molecule has 0 aromatic carbocycles. The number of aromatic nitrogens is 3. The molecule has 1 saturated carbocycles. The highest BCUT2D eigenvalue weighted by molar-refractivity contribution is 5.95. The summed E-state index contributed by atoms with van der Waals surface area (Å²) >= 11 is 0. The van der Waals surface area contributed by atoms with Crippen LogP contribution in [0.1, 0.15) is 41.7 Å². The zero-order valence-electron chi connectivity index (χ0n) is 14.9. The third-order valence-electron chi connectivity index (χ3n) is 5.75. The second-order valence-electron chi connectivity index (χ2n) is 7.33. The molecule has 1 atom stereocenters. The number of carbonyl (C=O) groups excluding carboxylic acids is 1. The molecule has 26 heavy (non-hydrogen) atoms. The third kappa shape index (κ3) is 3.56. The number of aryl methyl sites for hydroxylation is 1. The Morgan fingerprint density at radius 2 is 2.08 bits per heavy atom. The molecule has 1 aliphatic heterocycles. The molecule has 0 bridgehead atoms. The largest absolute Gasteiger partial charge is 0.393 e. The normalized spacial score (nSPS) is 24.5. The van der Waals surface area contributed by atoms with Crippen molar-refractivity contribution in [1.82, 2.24) is 25.2 Å². The van der Waals surface area contributed by atoms with Crippen LogP contribution in [-0.4, -0.2) is 50.8 Å². The van der Waals surface area contributed by atoms with E-state index in [4.69, 9.17) is 0 Å². The van der Waals surface area contributed by atoms with Crippen molar-refractivity contribution < 1.29 is 9.90 Å². The number of hydrogen-bond acceptors (Lipinski definition) is 5. The van der Waals surface area contributed by atoms with Crippen molar-refractivity contribution in [2.45, 2.75) is 44.8 Å². The molecule has 2 fully saturated rings. The number of halogens is 1. The minimum absolute atomic E-state index is 0. The molecule has 3 heterocycles. The van der Waals surface area contributed by atoms with Gasteiger partial charge in [0, 0.05) is 18.3 Å². The predicted molar refractivity (Wildman–Crippen MR) is 101 cm³/mol. The van der Waals surface area contributed by atoms with Crippen LogP contribution in [0.3, 0.4) is 0 Å². The first-order valence-electron chi connectivity index (χ1n) is 9.12. The van der Waals surface area contributed by atoms with Crippen LogP contribution in [0.5, 0.6) is 0 Å². The van der Waals surface area contributed by atoms with Crippen molar-refractivity contribution in [3.8, 4) is 0 Å². The molecule has 1 amide bonds. The molecule has 3 N–H and O–H groups in total. The van der Waals surface area contributed by atoms with E-state index >= 15 is 0 Å². The Morgan fingerprint density at radius 1 is 1.35 bits per heavy atom. The molecule has 142 valence electrons. The van der Waals surface area contributed by atoms with Gasteiger partial charge in [-0.2, -0.15) is 5.10 Å². The Hall–Kier alpha value is -1.70. The lowest BCUT2D eigenvalue weighted by atomic mass is 9.71. The summed E-state index contributed by atoms with van der Waals surface area (Å²) < 4.78 is 1.70. The number of hydrogen-bond donors (Lipinski definition) is 3. The van der Waals surface area contributed by atoms with Crippen molar-refractivity contribution in [3.63, 3.8) is 0 Å². The van der Waals surface area contributed by atoms with Crippen LogP contribution in [0, 0.1) is 18.8 Å². The van der Waals surface area contributed by atoms with E-state index in [9.17, 15) is 9.90 Å². The minimum Gasteiger partial charge on any atom is -0.393 e. The van der Waals surface area contributed by atoms with Gasteiger partial charge < -0.3 is 15.7 Å². The lowest BCUT2D eigenvalue weighted by molar-refractivity contribution is 0.00916. The molecule has 4 rings (SSSR count). The fraction of sp³-hybridized carbons (Fsp3) is 0.611. The summed E-state index contributed by atoms with van der Waals surface area (Å²) in [5, 5.41) is 20.6. The first-order chi connectivity index (χ1) is 12.1. The summed E-state index contributed by atoms with van der Waals surface area (Å²) in [4.78, 5) is 17.3. The number of carbonyl (C=O) groups is 1. The molecule has 8 heteroatoms. The molecular weight excluding hydrogens is 354 g/mol. The summed E-state index contributed by atoms with van der Waals surface area (Å²) in [6.45, 7) is 3.88. The number of nitrogens with one attached hydrogen (secondary N) is 2. The first-order valence-corrected chi connectivity index (χ1v) is 9.12. The van der Waals surface area contributed by atoms with Gasteiger partial charge in [0.2, 0.25) is 0 Å². The van der Waals surface area contributed by atoms with E-state index in [1.165, 1.54) is 0 Å². The van der Waals surface area contributed by atoms with E-state index in [-0.39, 0.29) is 30.5 Å². The minimum atomic E-state index is -0.213. The van der Waals surface area contributed by atoms with Gasteiger partial charge in [-0.05, 0) is 57.5 Å². The summed E-state index contributed by atoms with van der Waals surface area (Å²) in [6, 6.07) is 1.94. The highest BCUT2D eigenvalue weighted by atomic mass is 35.5. The van der Waals surface area contributed by atoms with Gasteiger partial charge in [0.15, 0.2) is 5.65 Å². The van der Waals surface area contributed by atoms with Crippen molar-refractivity contribution in [1.29, 1.82) is 0 Å². The SMILES string of the molecule is Cc1c(C(=O)NC(C2CCNCC2)C2CC(O)C2)cnc2ccnn12.Cl. The number of aliphatic hydroxyl groups is 1. The topological polar surface area (TPSA) is 91.5 Å².